The van der Waals surface area contributed by atoms with E-state index < -0.39 is 21.5 Å². The predicted octanol–water partition coefficient (Wildman–Crippen LogP) is 13.7. The standard InChI is InChI=1S/2C21H17.C2H7Si.2ClH.Zr/c2*1-2-15-13-17-9-6-12-20(21(17)14-15)19-11-5-8-16-7-3-4-10-18(16)19;1-3-2;;;/h2*3-14H,2H2,1H3;3H,1-2H3;2*1H;/q;;;;;+2/p-2. The third-order valence-corrected chi connectivity index (χ3v) is 63.3. The summed E-state index contributed by atoms with van der Waals surface area (Å²) >= 11 is -4.85. The first-order valence-corrected chi connectivity index (χ1v) is 33.8. The molecule has 48 heavy (non-hydrogen) atoms. The Morgan fingerprint density at radius 1 is 0.500 bits per heavy atom. The van der Waals surface area contributed by atoms with Gasteiger partial charge in [-0.1, -0.05) is 0 Å². The van der Waals surface area contributed by atoms with Gasteiger partial charge in [-0.05, 0) is 0 Å². The first-order valence-electron chi connectivity index (χ1n) is 17.5. The number of benzene rings is 6. The van der Waals surface area contributed by atoms with Crippen LogP contribution in [-0.4, -0.2) is 5.92 Å². The van der Waals surface area contributed by atoms with Crippen LogP contribution in [0.3, 0.4) is 0 Å². The molecule has 0 nitrogen and oxygen atoms in total. The van der Waals surface area contributed by atoms with Gasteiger partial charge in [0.1, 0.15) is 0 Å². The van der Waals surface area contributed by atoms with Crippen molar-refractivity contribution in [1.82, 2.24) is 0 Å². The van der Waals surface area contributed by atoms with Gasteiger partial charge in [-0.25, -0.2) is 0 Å². The SMILES string of the molecule is CCC1=Cc2c(-c3cccc4ccccc34)cccc2[CH]1[Zr]([Cl])([Cl])([CH]1C(CC)=Cc2c(-c3cccc4ccccc34)cccc21)[SiH](C)C. The molecular weight excluding hydrogens is 719 g/mol. The Labute approximate surface area is 293 Å². The van der Waals surface area contributed by atoms with Gasteiger partial charge in [-0.15, -0.1) is 0 Å². The topological polar surface area (TPSA) is 0 Å². The zero-order valence-corrected chi connectivity index (χ0v) is 33.2. The number of hydrogen-bond donors (Lipinski definition) is 0. The molecule has 2 atom stereocenters. The molecule has 2 unspecified atom stereocenters. The molecule has 0 bridgehead atoms. The first kappa shape index (κ1) is 32.2. The minimum absolute atomic E-state index is 0.0866. The molecule has 0 saturated heterocycles. The van der Waals surface area contributed by atoms with Crippen LogP contribution in [0.25, 0.3) is 56.0 Å². The van der Waals surface area contributed by atoms with Gasteiger partial charge >= 0.3 is 296 Å². The van der Waals surface area contributed by atoms with Crippen molar-refractivity contribution >= 4 is 56.6 Å². The summed E-state index contributed by atoms with van der Waals surface area (Å²) in [4.78, 5) is 0. The van der Waals surface area contributed by atoms with Crippen molar-refractivity contribution < 1.29 is 15.6 Å². The van der Waals surface area contributed by atoms with Crippen molar-refractivity contribution in [2.75, 3.05) is 0 Å². The number of rotatable bonds is 7. The van der Waals surface area contributed by atoms with Gasteiger partial charge in [-0.2, -0.15) is 0 Å². The van der Waals surface area contributed by atoms with Crippen LogP contribution in [0.4, 0.5) is 0 Å². The van der Waals surface area contributed by atoms with Crippen molar-refractivity contribution in [2.24, 2.45) is 0 Å². The molecule has 0 saturated carbocycles. The second-order valence-corrected chi connectivity index (χ2v) is 56.6. The van der Waals surface area contributed by atoms with Crippen LogP contribution >= 0.6 is 17.0 Å². The molecule has 0 fully saturated rings. The molecule has 2 aliphatic carbocycles. The van der Waals surface area contributed by atoms with Crippen LogP contribution in [-0.2, 0) is 15.6 Å². The fourth-order valence-electron chi connectivity index (χ4n) is 9.07. The summed E-state index contributed by atoms with van der Waals surface area (Å²) < 4.78 is 0.173. The van der Waals surface area contributed by atoms with Crippen LogP contribution in [0.15, 0.2) is 132 Å². The normalized spacial score (nSPS) is 18.0. The van der Waals surface area contributed by atoms with Crippen molar-refractivity contribution in [3.05, 3.63) is 155 Å². The van der Waals surface area contributed by atoms with E-state index in [9.17, 15) is 0 Å². The Morgan fingerprint density at radius 2 is 0.875 bits per heavy atom. The van der Waals surface area contributed by atoms with Gasteiger partial charge in [-0.3, -0.25) is 0 Å². The molecule has 4 heteroatoms. The molecule has 0 aliphatic heterocycles. The number of allylic oxidation sites excluding steroid dienone is 2. The molecule has 0 amide bonds. The number of hydrogen-bond acceptors (Lipinski definition) is 0. The fourth-order valence-corrected chi connectivity index (χ4v) is 40.9. The Morgan fingerprint density at radius 3 is 1.29 bits per heavy atom. The fraction of sp³-hybridized carbons (Fsp3) is 0.182. The second-order valence-electron chi connectivity index (χ2n) is 14.1. The van der Waals surface area contributed by atoms with E-state index in [1.807, 2.05) is 0 Å². The van der Waals surface area contributed by atoms with Crippen LogP contribution in [0.5, 0.6) is 0 Å². The van der Waals surface area contributed by atoms with Crippen molar-refractivity contribution in [3.63, 3.8) is 0 Å². The maximum absolute atomic E-state index is 8.69. The molecule has 2 aliphatic rings. The average Bonchev–Trinajstić information content (AvgIpc) is 3.71. The molecule has 0 spiro atoms. The van der Waals surface area contributed by atoms with E-state index >= 15 is 0 Å². The van der Waals surface area contributed by atoms with Crippen LogP contribution in [0, 0.1) is 0 Å². The summed E-state index contributed by atoms with van der Waals surface area (Å²) in [6, 6.07) is 44.6. The van der Waals surface area contributed by atoms with Gasteiger partial charge < -0.3 is 0 Å². The molecule has 6 aromatic rings. The van der Waals surface area contributed by atoms with Crippen molar-refractivity contribution in [1.29, 1.82) is 0 Å². The summed E-state index contributed by atoms with van der Waals surface area (Å²) in [7, 11) is 17.4. The van der Waals surface area contributed by atoms with Gasteiger partial charge in [0, 0.05) is 0 Å². The third-order valence-electron chi connectivity index (χ3n) is 11.5. The van der Waals surface area contributed by atoms with Crippen molar-refractivity contribution in [2.45, 2.75) is 47.0 Å². The zero-order chi connectivity index (χ0) is 33.2. The molecule has 0 radical (unpaired) electrons. The van der Waals surface area contributed by atoms with E-state index in [-0.39, 0.29) is 7.25 Å². The molecule has 0 N–H and O–H groups in total. The van der Waals surface area contributed by atoms with E-state index in [2.05, 4.69) is 160 Å². The average molecular weight is 760 g/mol. The zero-order valence-electron chi connectivity index (χ0n) is 28.1. The molecule has 8 rings (SSSR count). The van der Waals surface area contributed by atoms with E-state index in [0.29, 0.717) is 0 Å². The van der Waals surface area contributed by atoms with E-state index in [1.54, 1.807) is 0 Å². The maximum atomic E-state index is 8.69. The quantitative estimate of drug-likeness (QED) is 0.142. The number of fused-ring (bicyclic) bond motifs is 4. The van der Waals surface area contributed by atoms with Gasteiger partial charge in [0.25, 0.3) is 0 Å². The molecule has 0 aromatic heterocycles. The Kier molecular flexibility index (Phi) is 8.12. The molecule has 0 heterocycles. The molecular formula is C44H41Cl2SiZr. The summed E-state index contributed by atoms with van der Waals surface area (Å²) in [5, 5.41) is 5.09. The monoisotopic (exact) mass is 757 g/mol. The Hall–Kier alpha value is -3.00. The number of halogens is 2. The summed E-state index contributed by atoms with van der Waals surface area (Å²) in [5.74, 6) is -1.64. The van der Waals surface area contributed by atoms with E-state index in [1.165, 1.54) is 77.2 Å². The Bertz CT molecular complexity index is 2150. The van der Waals surface area contributed by atoms with Crippen molar-refractivity contribution in [3.8, 4) is 22.3 Å². The molecule has 6 aromatic carbocycles. The van der Waals surface area contributed by atoms with E-state index in [4.69, 9.17) is 17.0 Å². The minimum atomic E-state index is -4.85. The second kappa shape index (κ2) is 12.1. The predicted molar refractivity (Wildman–Crippen MR) is 211 cm³/mol. The Balaban J connectivity index is 1.35. The summed E-state index contributed by atoms with van der Waals surface area (Å²) in [6.45, 7) is 9.49. The first-order chi connectivity index (χ1) is 23.3. The van der Waals surface area contributed by atoms with Crippen LogP contribution in [0.1, 0.15) is 56.2 Å². The summed E-state index contributed by atoms with van der Waals surface area (Å²) in [6.07, 6.45) is 6.84. The molecule has 239 valence electrons. The van der Waals surface area contributed by atoms with Crippen LogP contribution < -0.4 is 0 Å². The summed E-state index contributed by atoms with van der Waals surface area (Å²) in [5.41, 5.74) is 13.3. The van der Waals surface area contributed by atoms with E-state index in [0.717, 1.165) is 12.8 Å². The van der Waals surface area contributed by atoms with Crippen LogP contribution in [0.2, 0.25) is 13.1 Å². The van der Waals surface area contributed by atoms with Gasteiger partial charge in [0.2, 0.25) is 0 Å². The van der Waals surface area contributed by atoms with Gasteiger partial charge in [0.15, 0.2) is 0 Å². The van der Waals surface area contributed by atoms with Gasteiger partial charge in [0.05, 0.1) is 0 Å². The third kappa shape index (κ3) is 4.70.